The minimum absolute atomic E-state index is 0.129. The van der Waals surface area contributed by atoms with Crippen molar-refractivity contribution in [3.05, 3.63) is 122 Å². The van der Waals surface area contributed by atoms with Gasteiger partial charge in [-0.1, -0.05) is 206 Å². The van der Waals surface area contributed by atoms with Crippen molar-refractivity contribution in [2.24, 2.45) is 0 Å². The molecule has 3 atom stereocenters. The molecule has 0 amide bonds. The van der Waals surface area contributed by atoms with Crippen molar-refractivity contribution < 1.29 is 52.2 Å². The van der Waals surface area contributed by atoms with Gasteiger partial charge in [-0.25, -0.2) is 4.57 Å². The summed E-state index contributed by atoms with van der Waals surface area (Å²) >= 11 is 0. The van der Waals surface area contributed by atoms with E-state index in [1.807, 2.05) is 0 Å². The maximum atomic E-state index is 12.9. The number of hydrogen-bond donors (Lipinski definition) is 2. The van der Waals surface area contributed by atoms with Crippen LogP contribution in [0.1, 0.15) is 226 Å². The smallest absolute Gasteiger partial charge is 0.462 e. The van der Waals surface area contributed by atoms with Gasteiger partial charge < -0.3 is 24.2 Å². The molecule has 0 aliphatic heterocycles. The van der Waals surface area contributed by atoms with Crippen LogP contribution in [-0.4, -0.2) is 66.5 Å². The highest BCUT2D eigenvalue weighted by molar-refractivity contribution is 7.47. The van der Waals surface area contributed by atoms with E-state index in [0.717, 1.165) is 167 Å². The highest BCUT2D eigenvalue weighted by Gasteiger charge is 2.28. The lowest BCUT2D eigenvalue weighted by molar-refractivity contribution is -0.161. The van der Waals surface area contributed by atoms with Crippen molar-refractivity contribution in [2.75, 3.05) is 26.4 Å². The first kappa shape index (κ1) is 71.9. The Labute approximate surface area is 462 Å². The Balaban J connectivity index is 4.82. The molecule has 0 fully saturated rings. The molecule has 3 unspecified atom stereocenters. The van der Waals surface area contributed by atoms with E-state index in [1.54, 1.807) is 0 Å². The second-order valence-electron chi connectivity index (χ2n) is 19.0. The molecule has 0 heterocycles. The predicted octanol–water partition coefficient (Wildman–Crippen LogP) is 17.6. The van der Waals surface area contributed by atoms with Crippen molar-refractivity contribution in [3.63, 3.8) is 0 Å². The number of carbonyl (C=O) groups excluding carboxylic acids is 3. The zero-order valence-electron chi connectivity index (χ0n) is 47.7. The molecule has 2 N–H and O–H groups in total. The molecule has 0 aromatic heterocycles. The van der Waals surface area contributed by atoms with Gasteiger partial charge in [0.15, 0.2) is 6.10 Å². The minimum atomic E-state index is -4.77. The van der Waals surface area contributed by atoms with E-state index in [9.17, 15) is 28.9 Å². The molecule has 432 valence electrons. The van der Waals surface area contributed by atoms with Gasteiger partial charge in [0.05, 0.1) is 19.8 Å². The number of phosphoric acid groups is 1. The van der Waals surface area contributed by atoms with Gasteiger partial charge in [0.2, 0.25) is 0 Å². The number of phosphoric ester groups is 1. The Kier molecular flexibility index (Phi) is 54.0. The van der Waals surface area contributed by atoms with Crippen LogP contribution in [0, 0.1) is 0 Å². The van der Waals surface area contributed by atoms with Crippen LogP contribution in [0.2, 0.25) is 0 Å². The number of carbonyl (C=O) groups is 3. The van der Waals surface area contributed by atoms with E-state index in [1.165, 1.54) is 0 Å². The van der Waals surface area contributed by atoms with Gasteiger partial charge >= 0.3 is 25.7 Å². The molecular weight excluding hydrogens is 976 g/mol. The van der Waals surface area contributed by atoms with Crippen LogP contribution >= 0.6 is 7.82 Å². The molecule has 0 rings (SSSR count). The summed E-state index contributed by atoms with van der Waals surface area (Å²) in [5.41, 5.74) is 0. The topological polar surface area (TPSA) is 155 Å². The van der Waals surface area contributed by atoms with Gasteiger partial charge in [0, 0.05) is 19.3 Å². The lowest BCUT2D eigenvalue weighted by Gasteiger charge is -2.21. The normalized spacial score (nSPS) is 14.2. The maximum absolute atomic E-state index is 12.9. The predicted molar refractivity (Wildman–Crippen MR) is 316 cm³/mol. The molecule has 0 spiro atoms. The third kappa shape index (κ3) is 54.7. The first-order chi connectivity index (χ1) is 37.2. The Hall–Kier alpha value is -4.12. The summed E-state index contributed by atoms with van der Waals surface area (Å²) in [6.45, 7) is 4.28. The molecule has 0 aromatic carbocycles. The molecule has 0 saturated carbocycles. The lowest BCUT2D eigenvalue weighted by atomic mass is 10.1. The number of aliphatic hydroxyl groups is 1. The van der Waals surface area contributed by atoms with E-state index < -0.39 is 57.8 Å². The fourth-order valence-electron chi connectivity index (χ4n) is 7.43. The quantitative estimate of drug-likeness (QED) is 0.0197. The first-order valence-electron chi connectivity index (χ1n) is 29.4. The van der Waals surface area contributed by atoms with Gasteiger partial charge in [-0.15, -0.1) is 0 Å². The molecule has 0 bridgehead atoms. The van der Waals surface area contributed by atoms with Gasteiger partial charge in [-0.05, 0) is 122 Å². The average Bonchev–Trinajstić information content (AvgIpc) is 3.41. The summed E-state index contributed by atoms with van der Waals surface area (Å²) in [5, 5.41) is 9.81. The van der Waals surface area contributed by atoms with Crippen molar-refractivity contribution in [3.8, 4) is 0 Å². The number of unbranched alkanes of at least 4 members (excludes halogenated alkanes) is 16. The number of allylic oxidation sites excluding steroid dienone is 20. The summed E-state index contributed by atoms with van der Waals surface area (Å²) in [5.74, 6) is -1.53. The molecule has 12 heteroatoms. The Bertz CT molecular complexity index is 1740. The zero-order chi connectivity index (χ0) is 55.5. The van der Waals surface area contributed by atoms with Crippen LogP contribution in [0.4, 0.5) is 0 Å². The standard InChI is InChI=1S/C64H105O11P/c1-4-7-10-13-16-19-22-25-27-29-30-32-33-36-38-41-44-47-50-53-62(66)71-57-61(75-64(68)55-52-49-46-43-40-37-34-31-28-26-23-20-17-14-11-8-5-2)59-73-76(69,70)72-58-60(56-65)74-63(67)54-51-48-45-42-39-35-24-21-18-15-12-9-6-3/h7-8,10-12,15-17,19-21,24-28,30,32,34,37,60-61,65H,4-6,9,13-14,18,22-23,29,31,33,35-36,38-59H2,1-3H3,(H,69,70)/b10-7-,11-8-,15-12-,19-16-,20-17-,24-21-,27-25-,28-26-,32-30-,37-34-. The van der Waals surface area contributed by atoms with E-state index in [0.29, 0.717) is 19.3 Å². The van der Waals surface area contributed by atoms with Gasteiger partial charge in [0.1, 0.15) is 12.7 Å². The van der Waals surface area contributed by atoms with Crippen molar-refractivity contribution >= 4 is 25.7 Å². The highest BCUT2D eigenvalue weighted by Crippen LogP contribution is 2.43. The van der Waals surface area contributed by atoms with Crippen LogP contribution in [0.25, 0.3) is 0 Å². The second-order valence-corrected chi connectivity index (χ2v) is 20.5. The van der Waals surface area contributed by atoms with Gasteiger partial charge in [-0.2, -0.15) is 0 Å². The Morgan fingerprint density at radius 3 is 1.05 bits per heavy atom. The molecule has 11 nitrogen and oxygen atoms in total. The maximum Gasteiger partial charge on any atom is 0.472 e. The molecule has 0 aliphatic rings. The average molecular weight is 1080 g/mol. The third-order valence-electron chi connectivity index (χ3n) is 11.8. The highest BCUT2D eigenvalue weighted by atomic mass is 31.2. The molecule has 76 heavy (non-hydrogen) atoms. The van der Waals surface area contributed by atoms with Gasteiger partial charge in [0.25, 0.3) is 0 Å². The SMILES string of the molecule is CC/C=C\C/C=C\C/C=C\C/C=C\CCCCCCCCC(=O)OCC(COP(=O)(O)OCC(CO)OC(=O)CCCCCCC/C=C\C/C=C\CCC)OC(=O)CCCCCC/C=C\C/C=C\C/C=C\C/C=C\CC. The van der Waals surface area contributed by atoms with E-state index in [2.05, 4.69) is 142 Å². The Morgan fingerprint density at radius 2 is 0.684 bits per heavy atom. The molecule has 0 saturated heterocycles. The summed E-state index contributed by atoms with van der Waals surface area (Å²) in [4.78, 5) is 48.6. The fraction of sp³-hybridized carbons (Fsp3) is 0.641. The molecular formula is C64H105O11P. The number of ether oxygens (including phenoxy) is 3. The summed E-state index contributed by atoms with van der Waals surface area (Å²) in [7, 11) is -4.77. The van der Waals surface area contributed by atoms with E-state index in [-0.39, 0.29) is 25.9 Å². The van der Waals surface area contributed by atoms with Crippen molar-refractivity contribution in [1.29, 1.82) is 0 Å². The Morgan fingerprint density at radius 1 is 0.382 bits per heavy atom. The van der Waals surface area contributed by atoms with Gasteiger partial charge in [-0.3, -0.25) is 23.4 Å². The molecule has 0 aliphatic carbocycles. The monoisotopic (exact) mass is 1080 g/mol. The lowest BCUT2D eigenvalue weighted by Crippen LogP contribution is -2.30. The van der Waals surface area contributed by atoms with Crippen LogP contribution < -0.4 is 0 Å². The zero-order valence-corrected chi connectivity index (χ0v) is 48.6. The number of hydrogen-bond acceptors (Lipinski definition) is 10. The summed E-state index contributed by atoms with van der Waals surface area (Å²) < 4.78 is 39.5. The molecule has 0 aromatic rings. The minimum Gasteiger partial charge on any atom is -0.462 e. The van der Waals surface area contributed by atoms with Crippen molar-refractivity contribution in [1.82, 2.24) is 0 Å². The molecule has 0 radical (unpaired) electrons. The van der Waals surface area contributed by atoms with Crippen LogP contribution in [0.3, 0.4) is 0 Å². The number of rotatable bonds is 53. The second kappa shape index (κ2) is 57.1. The van der Waals surface area contributed by atoms with E-state index >= 15 is 0 Å². The number of esters is 3. The summed E-state index contributed by atoms with van der Waals surface area (Å²) in [6, 6.07) is 0. The fourth-order valence-corrected chi connectivity index (χ4v) is 8.22. The number of aliphatic hydroxyl groups excluding tert-OH is 1. The van der Waals surface area contributed by atoms with Crippen LogP contribution in [-0.2, 0) is 42.2 Å². The van der Waals surface area contributed by atoms with Crippen LogP contribution in [0.15, 0.2) is 122 Å². The first-order valence-corrected chi connectivity index (χ1v) is 30.9. The van der Waals surface area contributed by atoms with Crippen molar-refractivity contribution in [2.45, 2.75) is 238 Å². The summed E-state index contributed by atoms with van der Waals surface area (Å²) in [6.07, 6.45) is 70.1. The third-order valence-corrected chi connectivity index (χ3v) is 12.8. The largest absolute Gasteiger partial charge is 0.472 e. The van der Waals surface area contributed by atoms with Crippen LogP contribution in [0.5, 0.6) is 0 Å². The van der Waals surface area contributed by atoms with E-state index in [4.69, 9.17) is 23.3 Å².